The van der Waals surface area contributed by atoms with Gasteiger partial charge in [-0.25, -0.2) is 0 Å². The molecule has 1 atom stereocenters. The van der Waals surface area contributed by atoms with Crippen LogP contribution in [0.5, 0.6) is 0 Å². The van der Waals surface area contributed by atoms with Crippen LogP contribution in [0.4, 0.5) is 11.4 Å². The van der Waals surface area contributed by atoms with E-state index in [4.69, 9.17) is 4.42 Å². The fraction of sp³-hybridized carbons (Fsp3) is 0.350. The molecule has 1 aromatic carbocycles. The molecule has 0 aliphatic carbocycles. The third kappa shape index (κ3) is 4.58. The number of aliphatic hydroxyl groups excluding tert-OH is 1. The zero-order valence-electron chi connectivity index (χ0n) is 15.6. The number of hydrogen-bond acceptors (Lipinski definition) is 5. The first kappa shape index (κ1) is 19.6. The molecular formula is C20H23N3O5. The first-order chi connectivity index (χ1) is 13.5. The van der Waals surface area contributed by atoms with Gasteiger partial charge in [0.2, 0.25) is 5.91 Å². The first-order valence-corrected chi connectivity index (χ1v) is 9.16. The van der Waals surface area contributed by atoms with Crippen LogP contribution in [0.2, 0.25) is 0 Å². The summed E-state index contributed by atoms with van der Waals surface area (Å²) in [6.45, 7) is 2.68. The van der Waals surface area contributed by atoms with E-state index >= 15 is 0 Å². The Kier molecular flexibility index (Phi) is 6.10. The predicted molar refractivity (Wildman–Crippen MR) is 103 cm³/mol. The molecule has 1 unspecified atom stereocenters. The summed E-state index contributed by atoms with van der Waals surface area (Å²) in [5.74, 6) is -1.54. The van der Waals surface area contributed by atoms with Crippen LogP contribution in [0.25, 0.3) is 0 Å². The molecule has 3 amide bonds. The van der Waals surface area contributed by atoms with Crippen molar-refractivity contribution >= 4 is 29.1 Å². The number of aryl methyl sites for hydroxylation is 1. The molecule has 0 saturated carbocycles. The molecule has 1 aliphatic rings. The van der Waals surface area contributed by atoms with Crippen molar-refractivity contribution in [1.82, 2.24) is 5.32 Å². The highest BCUT2D eigenvalue weighted by Crippen LogP contribution is 2.28. The minimum absolute atomic E-state index is 0.0560. The normalized spacial score (nSPS) is 14.8. The van der Waals surface area contributed by atoms with Crippen LogP contribution in [0, 0.1) is 6.92 Å². The SMILES string of the molecule is Cc1ccc(NC(=O)C(=O)NCCC(O)c2ccoc2)cc1N1CCCC1=O. The Morgan fingerprint density at radius 1 is 1.29 bits per heavy atom. The summed E-state index contributed by atoms with van der Waals surface area (Å²) in [6.07, 6.45) is 3.69. The predicted octanol–water partition coefficient (Wildman–Crippen LogP) is 1.89. The zero-order chi connectivity index (χ0) is 20.1. The number of carbonyl (C=O) groups excluding carboxylic acids is 3. The summed E-state index contributed by atoms with van der Waals surface area (Å²) in [5.41, 5.74) is 2.72. The number of carbonyl (C=O) groups is 3. The van der Waals surface area contributed by atoms with E-state index in [-0.39, 0.29) is 18.9 Å². The Balaban J connectivity index is 1.53. The molecule has 2 heterocycles. The van der Waals surface area contributed by atoms with Gasteiger partial charge in [-0.05, 0) is 43.5 Å². The van der Waals surface area contributed by atoms with Gasteiger partial charge in [0.05, 0.1) is 18.6 Å². The summed E-state index contributed by atoms with van der Waals surface area (Å²) in [7, 11) is 0. The van der Waals surface area contributed by atoms with Crippen molar-refractivity contribution in [2.45, 2.75) is 32.3 Å². The second-order valence-corrected chi connectivity index (χ2v) is 6.72. The van der Waals surface area contributed by atoms with E-state index < -0.39 is 17.9 Å². The molecule has 0 bridgehead atoms. The van der Waals surface area contributed by atoms with Gasteiger partial charge < -0.3 is 25.1 Å². The molecule has 148 valence electrons. The summed E-state index contributed by atoms with van der Waals surface area (Å²) in [4.78, 5) is 37.8. The second kappa shape index (κ2) is 8.71. The Labute approximate surface area is 162 Å². The van der Waals surface area contributed by atoms with Gasteiger partial charge >= 0.3 is 11.8 Å². The first-order valence-electron chi connectivity index (χ1n) is 9.16. The minimum Gasteiger partial charge on any atom is -0.472 e. The summed E-state index contributed by atoms with van der Waals surface area (Å²) >= 11 is 0. The van der Waals surface area contributed by atoms with Gasteiger partial charge in [0.15, 0.2) is 0 Å². The molecule has 1 saturated heterocycles. The van der Waals surface area contributed by atoms with Crippen molar-refractivity contribution in [3.05, 3.63) is 47.9 Å². The Morgan fingerprint density at radius 3 is 2.79 bits per heavy atom. The molecule has 1 fully saturated rings. The molecule has 8 heteroatoms. The lowest BCUT2D eigenvalue weighted by atomic mass is 10.1. The lowest BCUT2D eigenvalue weighted by molar-refractivity contribution is -0.136. The molecule has 8 nitrogen and oxygen atoms in total. The number of aliphatic hydroxyl groups is 1. The van der Waals surface area contributed by atoms with Crippen LogP contribution in [-0.2, 0) is 14.4 Å². The third-order valence-corrected chi connectivity index (χ3v) is 4.67. The average Bonchev–Trinajstić information content (AvgIpc) is 3.35. The number of anilines is 2. The zero-order valence-corrected chi connectivity index (χ0v) is 15.6. The average molecular weight is 385 g/mol. The van der Waals surface area contributed by atoms with Gasteiger partial charge in [-0.2, -0.15) is 0 Å². The monoisotopic (exact) mass is 385 g/mol. The Morgan fingerprint density at radius 2 is 2.11 bits per heavy atom. The fourth-order valence-electron chi connectivity index (χ4n) is 3.10. The molecule has 1 aliphatic heterocycles. The molecular weight excluding hydrogens is 362 g/mol. The van der Waals surface area contributed by atoms with Gasteiger partial charge in [-0.1, -0.05) is 6.07 Å². The maximum atomic E-state index is 12.1. The lowest BCUT2D eigenvalue weighted by Gasteiger charge is -2.19. The highest BCUT2D eigenvalue weighted by atomic mass is 16.3. The van der Waals surface area contributed by atoms with Crippen molar-refractivity contribution in [1.29, 1.82) is 0 Å². The third-order valence-electron chi connectivity index (χ3n) is 4.67. The summed E-state index contributed by atoms with van der Waals surface area (Å²) in [5, 5.41) is 15.0. The number of rotatable bonds is 6. The minimum atomic E-state index is -0.805. The van der Waals surface area contributed by atoms with Crippen LogP contribution in [-0.4, -0.2) is 35.9 Å². The molecule has 0 spiro atoms. The van der Waals surface area contributed by atoms with E-state index in [1.165, 1.54) is 12.5 Å². The Hall–Kier alpha value is -3.13. The van der Waals surface area contributed by atoms with Crippen LogP contribution < -0.4 is 15.5 Å². The van der Waals surface area contributed by atoms with Crippen LogP contribution in [0.3, 0.4) is 0 Å². The number of amides is 3. The molecule has 0 radical (unpaired) electrons. The van der Waals surface area contributed by atoms with Gasteiger partial charge in [0, 0.05) is 36.4 Å². The van der Waals surface area contributed by atoms with E-state index in [2.05, 4.69) is 10.6 Å². The van der Waals surface area contributed by atoms with Crippen molar-refractivity contribution in [2.24, 2.45) is 0 Å². The molecule has 3 N–H and O–H groups in total. The van der Waals surface area contributed by atoms with Crippen LogP contribution in [0.15, 0.2) is 41.2 Å². The molecule has 2 aromatic rings. The highest BCUT2D eigenvalue weighted by molar-refractivity contribution is 6.39. The molecule has 1 aromatic heterocycles. The summed E-state index contributed by atoms with van der Waals surface area (Å²) in [6, 6.07) is 6.83. The smallest absolute Gasteiger partial charge is 0.313 e. The van der Waals surface area contributed by atoms with E-state index in [0.717, 1.165) is 17.7 Å². The van der Waals surface area contributed by atoms with E-state index in [0.29, 0.717) is 24.2 Å². The largest absolute Gasteiger partial charge is 0.472 e. The van der Waals surface area contributed by atoms with Gasteiger partial charge in [-0.15, -0.1) is 0 Å². The summed E-state index contributed by atoms with van der Waals surface area (Å²) < 4.78 is 4.89. The molecule has 3 rings (SSSR count). The molecule has 28 heavy (non-hydrogen) atoms. The Bertz CT molecular complexity index is 863. The van der Waals surface area contributed by atoms with Crippen molar-refractivity contribution in [3.63, 3.8) is 0 Å². The number of nitrogens with zero attached hydrogens (tertiary/aromatic N) is 1. The highest BCUT2D eigenvalue weighted by Gasteiger charge is 2.23. The van der Waals surface area contributed by atoms with Gasteiger partial charge in [-0.3, -0.25) is 14.4 Å². The number of nitrogens with one attached hydrogen (secondary N) is 2. The number of benzene rings is 1. The topological polar surface area (TPSA) is 112 Å². The maximum absolute atomic E-state index is 12.1. The fourth-order valence-corrected chi connectivity index (χ4v) is 3.10. The van der Waals surface area contributed by atoms with Crippen molar-refractivity contribution in [3.8, 4) is 0 Å². The maximum Gasteiger partial charge on any atom is 0.313 e. The van der Waals surface area contributed by atoms with Crippen LogP contribution in [0.1, 0.15) is 36.5 Å². The van der Waals surface area contributed by atoms with Crippen LogP contribution >= 0.6 is 0 Å². The van der Waals surface area contributed by atoms with E-state index in [9.17, 15) is 19.5 Å². The van der Waals surface area contributed by atoms with E-state index in [1.54, 1.807) is 29.2 Å². The van der Waals surface area contributed by atoms with Gasteiger partial charge in [0.1, 0.15) is 0 Å². The second-order valence-electron chi connectivity index (χ2n) is 6.72. The lowest BCUT2D eigenvalue weighted by Crippen LogP contribution is -2.36. The quantitative estimate of drug-likeness (QED) is 0.658. The standard InChI is InChI=1S/C20H23N3O5/c1-13-4-5-15(11-16(13)23-9-2-3-18(23)25)22-20(27)19(26)21-8-6-17(24)14-7-10-28-12-14/h4-5,7,10-12,17,24H,2-3,6,8-9H2,1H3,(H,21,26)(H,22,27). The van der Waals surface area contributed by atoms with Crippen molar-refractivity contribution < 1.29 is 23.9 Å². The van der Waals surface area contributed by atoms with Crippen molar-refractivity contribution in [2.75, 3.05) is 23.3 Å². The van der Waals surface area contributed by atoms with Gasteiger partial charge in [0.25, 0.3) is 0 Å². The number of furan rings is 1. The number of hydrogen-bond donors (Lipinski definition) is 3. The van der Waals surface area contributed by atoms with E-state index in [1.807, 2.05) is 6.92 Å².